The molecule has 3 aromatic rings. The fourth-order valence-electron chi connectivity index (χ4n) is 2.80. The van der Waals surface area contributed by atoms with Crippen LogP contribution in [0.4, 0.5) is 0 Å². The van der Waals surface area contributed by atoms with Crippen LogP contribution in [-0.2, 0) is 6.54 Å². The Hall–Kier alpha value is -3.15. The highest BCUT2D eigenvalue weighted by Gasteiger charge is 2.30. The molecule has 0 bridgehead atoms. The zero-order chi connectivity index (χ0) is 15.8. The molecule has 6 heteroatoms. The van der Waals surface area contributed by atoms with Gasteiger partial charge in [0, 0.05) is 18.9 Å². The van der Waals surface area contributed by atoms with Crippen molar-refractivity contribution in [3.05, 3.63) is 65.9 Å². The van der Waals surface area contributed by atoms with E-state index in [9.17, 15) is 5.11 Å². The Kier molecular flexibility index (Phi) is 3.08. The lowest BCUT2D eigenvalue weighted by Crippen LogP contribution is -2.26. The number of pyridine rings is 1. The summed E-state index contributed by atoms with van der Waals surface area (Å²) in [6.07, 6.45) is 3.48. The van der Waals surface area contributed by atoms with Crippen molar-refractivity contribution in [3.63, 3.8) is 0 Å². The van der Waals surface area contributed by atoms with Crippen LogP contribution in [0.5, 0.6) is 0 Å². The molecule has 0 radical (unpaired) electrons. The standard InChI is InChI=1S/C17H15N5O/c18-16-15(17-20-12-5-1-2-6-13(12)21-17)14(23)10-22(16)9-11-4-3-7-19-8-11/h1-8,18,23H,9-10H2,(H,20,21). The average molecular weight is 305 g/mol. The molecule has 4 rings (SSSR count). The first kappa shape index (κ1) is 13.5. The molecule has 0 saturated heterocycles. The van der Waals surface area contributed by atoms with Gasteiger partial charge in [0.15, 0.2) is 0 Å². The van der Waals surface area contributed by atoms with Crippen molar-refractivity contribution in [1.29, 1.82) is 5.41 Å². The number of hydrogen-bond acceptors (Lipinski definition) is 4. The number of hydrogen-bond donors (Lipinski definition) is 3. The fraction of sp³-hybridized carbons (Fsp3) is 0.118. The first-order valence-corrected chi connectivity index (χ1v) is 7.32. The molecular formula is C17H15N5O. The van der Waals surface area contributed by atoms with Gasteiger partial charge in [-0.25, -0.2) is 4.98 Å². The van der Waals surface area contributed by atoms with E-state index in [0.717, 1.165) is 16.6 Å². The van der Waals surface area contributed by atoms with Gasteiger partial charge in [0.1, 0.15) is 17.4 Å². The third-order valence-electron chi connectivity index (χ3n) is 3.90. The third kappa shape index (κ3) is 2.34. The number of aromatic nitrogens is 3. The third-order valence-corrected chi connectivity index (χ3v) is 3.90. The van der Waals surface area contributed by atoms with E-state index in [4.69, 9.17) is 5.41 Å². The van der Waals surface area contributed by atoms with Gasteiger partial charge in [0.25, 0.3) is 0 Å². The van der Waals surface area contributed by atoms with Crippen molar-refractivity contribution in [2.75, 3.05) is 6.54 Å². The Morgan fingerprint density at radius 3 is 2.87 bits per heavy atom. The predicted octanol–water partition coefficient (Wildman–Crippen LogP) is 2.72. The minimum Gasteiger partial charge on any atom is -0.510 e. The van der Waals surface area contributed by atoms with E-state index in [0.29, 0.717) is 24.5 Å². The number of imidazole rings is 1. The SMILES string of the molecule is N=C1C(c2nc3ccccc3[nH]2)=C(O)CN1Cc1cccnc1. The van der Waals surface area contributed by atoms with E-state index in [2.05, 4.69) is 15.0 Å². The maximum absolute atomic E-state index is 10.3. The van der Waals surface area contributed by atoms with Crippen molar-refractivity contribution in [3.8, 4) is 0 Å². The predicted molar refractivity (Wildman–Crippen MR) is 88.0 cm³/mol. The van der Waals surface area contributed by atoms with Gasteiger partial charge in [-0.3, -0.25) is 10.4 Å². The van der Waals surface area contributed by atoms with E-state index in [-0.39, 0.29) is 11.6 Å². The van der Waals surface area contributed by atoms with Crippen molar-refractivity contribution in [2.45, 2.75) is 6.54 Å². The van der Waals surface area contributed by atoms with Gasteiger partial charge in [0.2, 0.25) is 0 Å². The van der Waals surface area contributed by atoms with E-state index >= 15 is 0 Å². The Labute approximate surface area is 132 Å². The summed E-state index contributed by atoms with van der Waals surface area (Å²) in [7, 11) is 0. The van der Waals surface area contributed by atoms with Gasteiger partial charge in [-0.1, -0.05) is 18.2 Å². The van der Waals surface area contributed by atoms with Crippen LogP contribution in [0.15, 0.2) is 54.6 Å². The molecule has 0 atom stereocenters. The number of rotatable bonds is 3. The smallest absolute Gasteiger partial charge is 0.145 e. The number of nitrogens with zero attached hydrogens (tertiary/aromatic N) is 3. The van der Waals surface area contributed by atoms with Crippen molar-refractivity contribution < 1.29 is 5.11 Å². The number of amidine groups is 1. The zero-order valence-corrected chi connectivity index (χ0v) is 12.3. The van der Waals surface area contributed by atoms with Gasteiger partial charge >= 0.3 is 0 Å². The minimum atomic E-state index is 0.165. The number of H-pyrrole nitrogens is 1. The van der Waals surface area contributed by atoms with Crippen LogP contribution in [0.1, 0.15) is 11.4 Å². The van der Waals surface area contributed by atoms with E-state index in [1.165, 1.54) is 0 Å². The van der Waals surface area contributed by atoms with Crippen molar-refractivity contribution in [1.82, 2.24) is 19.9 Å². The summed E-state index contributed by atoms with van der Waals surface area (Å²) < 4.78 is 0. The molecule has 1 aromatic carbocycles. The number of aliphatic hydroxyl groups excluding tert-OH is 1. The van der Waals surface area contributed by atoms with Crippen LogP contribution >= 0.6 is 0 Å². The first-order valence-electron chi connectivity index (χ1n) is 7.32. The number of fused-ring (bicyclic) bond motifs is 1. The van der Waals surface area contributed by atoms with E-state index in [1.54, 1.807) is 17.3 Å². The molecule has 1 aliphatic heterocycles. The molecule has 0 spiro atoms. The van der Waals surface area contributed by atoms with Crippen molar-refractivity contribution in [2.24, 2.45) is 0 Å². The summed E-state index contributed by atoms with van der Waals surface area (Å²) in [4.78, 5) is 13.5. The molecule has 0 amide bonds. The quantitative estimate of drug-likeness (QED) is 0.694. The minimum absolute atomic E-state index is 0.165. The molecule has 0 saturated carbocycles. The molecule has 6 nitrogen and oxygen atoms in total. The number of para-hydroxylation sites is 2. The van der Waals surface area contributed by atoms with Crippen LogP contribution in [-0.4, -0.2) is 37.3 Å². The lowest BCUT2D eigenvalue weighted by molar-refractivity contribution is 0.346. The van der Waals surface area contributed by atoms with E-state index < -0.39 is 0 Å². The molecule has 23 heavy (non-hydrogen) atoms. The number of aliphatic hydroxyl groups is 1. The molecule has 114 valence electrons. The summed E-state index contributed by atoms with van der Waals surface area (Å²) >= 11 is 0. The number of benzene rings is 1. The van der Waals surface area contributed by atoms with E-state index in [1.807, 2.05) is 36.4 Å². The van der Waals surface area contributed by atoms with Crippen LogP contribution in [0, 0.1) is 5.41 Å². The van der Waals surface area contributed by atoms with Gasteiger partial charge in [0.05, 0.1) is 23.2 Å². The topological polar surface area (TPSA) is 88.9 Å². The second-order valence-electron chi connectivity index (χ2n) is 5.49. The lowest BCUT2D eigenvalue weighted by atomic mass is 10.2. The second kappa shape index (κ2) is 5.24. The normalized spacial score (nSPS) is 15.0. The lowest BCUT2D eigenvalue weighted by Gasteiger charge is -2.18. The summed E-state index contributed by atoms with van der Waals surface area (Å²) in [5, 5.41) is 18.7. The monoisotopic (exact) mass is 305 g/mol. The number of aromatic amines is 1. The Morgan fingerprint density at radius 2 is 2.09 bits per heavy atom. The maximum Gasteiger partial charge on any atom is 0.145 e. The summed E-state index contributed by atoms with van der Waals surface area (Å²) in [6.45, 7) is 0.834. The zero-order valence-electron chi connectivity index (χ0n) is 12.3. The van der Waals surface area contributed by atoms with Gasteiger partial charge in [-0.2, -0.15) is 0 Å². The number of nitrogens with one attached hydrogen (secondary N) is 2. The molecule has 1 aliphatic rings. The summed E-state index contributed by atoms with van der Waals surface area (Å²) in [5.41, 5.74) is 3.17. The van der Waals surface area contributed by atoms with Crippen LogP contribution < -0.4 is 0 Å². The van der Waals surface area contributed by atoms with Crippen LogP contribution in [0.2, 0.25) is 0 Å². The largest absolute Gasteiger partial charge is 0.510 e. The van der Waals surface area contributed by atoms with Crippen LogP contribution in [0.25, 0.3) is 16.6 Å². The highest BCUT2D eigenvalue weighted by atomic mass is 16.3. The fourth-order valence-corrected chi connectivity index (χ4v) is 2.80. The Bertz CT molecular complexity index is 880. The van der Waals surface area contributed by atoms with Gasteiger partial charge in [-0.15, -0.1) is 0 Å². The molecule has 0 unspecified atom stereocenters. The van der Waals surface area contributed by atoms with Crippen molar-refractivity contribution >= 4 is 22.4 Å². The van der Waals surface area contributed by atoms with Gasteiger partial charge in [-0.05, 0) is 23.8 Å². The molecule has 2 aromatic heterocycles. The molecule has 3 N–H and O–H groups in total. The Balaban J connectivity index is 1.64. The second-order valence-corrected chi connectivity index (χ2v) is 5.49. The highest BCUT2D eigenvalue weighted by Crippen LogP contribution is 2.27. The molecule has 3 heterocycles. The maximum atomic E-state index is 10.3. The average Bonchev–Trinajstić information content (AvgIpc) is 3.09. The summed E-state index contributed by atoms with van der Waals surface area (Å²) in [6, 6.07) is 11.5. The highest BCUT2D eigenvalue weighted by molar-refractivity contribution is 6.23. The molecular weight excluding hydrogens is 290 g/mol. The van der Waals surface area contributed by atoms with Crippen LogP contribution in [0.3, 0.4) is 0 Å². The Morgan fingerprint density at radius 1 is 1.22 bits per heavy atom. The molecule has 0 fully saturated rings. The molecule has 0 aliphatic carbocycles. The first-order chi connectivity index (χ1) is 11.2. The summed E-state index contributed by atoms with van der Waals surface area (Å²) in [5.74, 6) is 0.964. The van der Waals surface area contributed by atoms with Gasteiger partial charge < -0.3 is 15.0 Å².